The standard InChI is InChI=1S/C25H27NO4S/c1-19-11-17-23(18-12-19)31(28,29)26-25(21-8-4-3-5-9-21)22-15-13-20(14-16-22)7-6-10-24(27)30-2/h3-5,8-9,11-18,25-26H,6-7,10H2,1-2H3. The molecule has 0 radical (unpaired) electrons. The third-order valence-electron chi connectivity index (χ3n) is 5.12. The highest BCUT2D eigenvalue weighted by Gasteiger charge is 2.23. The number of methoxy groups -OCH3 is 1. The van der Waals surface area contributed by atoms with E-state index >= 15 is 0 Å². The Kier molecular flexibility index (Phi) is 7.60. The molecular weight excluding hydrogens is 410 g/mol. The first-order valence-corrected chi connectivity index (χ1v) is 11.7. The third-order valence-corrected chi connectivity index (χ3v) is 6.56. The van der Waals surface area contributed by atoms with Crippen LogP contribution in [-0.2, 0) is 26.0 Å². The van der Waals surface area contributed by atoms with Crippen LogP contribution in [0.4, 0.5) is 0 Å². The van der Waals surface area contributed by atoms with Crippen LogP contribution in [0.15, 0.2) is 83.8 Å². The summed E-state index contributed by atoms with van der Waals surface area (Å²) in [5.41, 5.74) is 3.79. The van der Waals surface area contributed by atoms with Gasteiger partial charge in [-0.3, -0.25) is 4.79 Å². The summed E-state index contributed by atoms with van der Waals surface area (Å²) in [4.78, 5) is 11.5. The van der Waals surface area contributed by atoms with Crippen molar-refractivity contribution >= 4 is 16.0 Å². The van der Waals surface area contributed by atoms with E-state index in [4.69, 9.17) is 0 Å². The van der Waals surface area contributed by atoms with E-state index in [0.29, 0.717) is 12.8 Å². The lowest BCUT2D eigenvalue weighted by atomic mass is 9.97. The molecule has 0 fully saturated rings. The van der Waals surface area contributed by atoms with Gasteiger partial charge in [-0.25, -0.2) is 8.42 Å². The molecule has 0 bridgehead atoms. The highest BCUT2D eigenvalue weighted by atomic mass is 32.2. The minimum absolute atomic E-state index is 0.216. The quantitative estimate of drug-likeness (QED) is 0.498. The van der Waals surface area contributed by atoms with Gasteiger partial charge in [-0.05, 0) is 48.6 Å². The molecule has 0 saturated heterocycles. The molecule has 1 atom stereocenters. The molecule has 0 saturated carbocycles. The summed E-state index contributed by atoms with van der Waals surface area (Å²) in [7, 11) is -2.32. The number of hydrogen-bond acceptors (Lipinski definition) is 4. The zero-order chi connectivity index (χ0) is 22.3. The molecule has 162 valence electrons. The first-order chi connectivity index (χ1) is 14.9. The second kappa shape index (κ2) is 10.4. The number of aryl methyl sites for hydroxylation is 2. The van der Waals surface area contributed by atoms with E-state index in [1.165, 1.54) is 7.11 Å². The van der Waals surface area contributed by atoms with Crippen LogP contribution in [0.1, 0.15) is 41.1 Å². The molecule has 0 aliphatic carbocycles. The maximum absolute atomic E-state index is 13.0. The van der Waals surface area contributed by atoms with Crippen molar-refractivity contribution in [1.82, 2.24) is 4.72 Å². The number of nitrogens with one attached hydrogen (secondary N) is 1. The van der Waals surface area contributed by atoms with Crippen molar-refractivity contribution in [3.05, 3.63) is 101 Å². The molecule has 3 aromatic rings. The normalized spacial score (nSPS) is 12.3. The summed E-state index contributed by atoms with van der Waals surface area (Å²) < 4.78 is 33.6. The Morgan fingerprint density at radius 3 is 2.13 bits per heavy atom. The minimum Gasteiger partial charge on any atom is -0.469 e. The van der Waals surface area contributed by atoms with Crippen LogP contribution in [0.2, 0.25) is 0 Å². The van der Waals surface area contributed by atoms with E-state index in [0.717, 1.165) is 28.7 Å². The maximum atomic E-state index is 13.0. The van der Waals surface area contributed by atoms with Crippen LogP contribution in [0, 0.1) is 6.92 Å². The van der Waals surface area contributed by atoms with E-state index in [1.54, 1.807) is 24.3 Å². The van der Waals surface area contributed by atoms with Gasteiger partial charge in [0.2, 0.25) is 10.0 Å². The monoisotopic (exact) mass is 437 g/mol. The van der Waals surface area contributed by atoms with Crippen molar-refractivity contribution in [2.75, 3.05) is 7.11 Å². The van der Waals surface area contributed by atoms with E-state index in [9.17, 15) is 13.2 Å². The Balaban J connectivity index is 1.83. The Morgan fingerprint density at radius 1 is 0.903 bits per heavy atom. The van der Waals surface area contributed by atoms with Gasteiger partial charge < -0.3 is 4.74 Å². The fourth-order valence-electron chi connectivity index (χ4n) is 3.33. The average Bonchev–Trinajstić information content (AvgIpc) is 2.79. The van der Waals surface area contributed by atoms with E-state index in [2.05, 4.69) is 9.46 Å². The Labute approximate surface area is 184 Å². The summed E-state index contributed by atoms with van der Waals surface area (Å²) in [5.74, 6) is -0.216. The van der Waals surface area contributed by atoms with Crippen LogP contribution in [0.25, 0.3) is 0 Å². The van der Waals surface area contributed by atoms with Crippen LogP contribution in [-0.4, -0.2) is 21.5 Å². The minimum atomic E-state index is -3.71. The van der Waals surface area contributed by atoms with Gasteiger partial charge in [-0.15, -0.1) is 0 Å². The molecule has 6 heteroatoms. The molecular formula is C25H27NO4S. The molecule has 0 amide bonds. The van der Waals surface area contributed by atoms with Crippen LogP contribution in [0.5, 0.6) is 0 Å². The second-order valence-electron chi connectivity index (χ2n) is 7.45. The van der Waals surface area contributed by atoms with Gasteiger partial charge in [0, 0.05) is 6.42 Å². The van der Waals surface area contributed by atoms with Crippen LogP contribution >= 0.6 is 0 Å². The molecule has 0 aromatic heterocycles. The number of hydrogen-bond donors (Lipinski definition) is 1. The number of rotatable bonds is 9. The molecule has 0 aliphatic heterocycles. The van der Waals surface area contributed by atoms with Crippen LogP contribution < -0.4 is 4.72 Å². The summed E-state index contributed by atoms with van der Waals surface area (Å²) in [6.45, 7) is 1.92. The number of benzene rings is 3. The number of esters is 1. The van der Waals surface area contributed by atoms with Gasteiger partial charge in [0.15, 0.2) is 0 Å². The Bertz CT molecular complexity index is 1090. The van der Waals surface area contributed by atoms with Gasteiger partial charge in [0.05, 0.1) is 18.0 Å². The first kappa shape index (κ1) is 22.7. The molecule has 3 aromatic carbocycles. The maximum Gasteiger partial charge on any atom is 0.305 e. The van der Waals surface area contributed by atoms with Crippen molar-refractivity contribution in [3.63, 3.8) is 0 Å². The number of carbonyl (C=O) groups excluding carboxylic acids is 1. The summed E-state index contributed by atoms with van der Waals surface area (Å²) in [6, 6.07) is 23.6. The fraction of sp³-hybridized carbons (Fsp3) is 0.240. The van der Waals surface area contributed by atoms with Crippen molar-refractivity contribution in [3.8, 4) is 0 Å². The molecule has 0 spiro atoms. The summed E-state index contributed by atoms with van der Waals surface area (Å²) in [6.07, 6.45) is 1.83. The molecule has 5 nitrogen and oxygen atoms in total. The smallest absolute Gasteiger partial charge is 0.305 e. The lowest BCUT2D eigenvalue weighted by Crippen LogP contribution is -2.29. The first-order valence-electron chi connectivity index (χ1n) is 10.2. The Morgan fingerprint density at radius 2 is 1.52 bits per heavy atom. The van der Waals surface area contributed by atoms with E-state index in [-0.39, 0.29) is 10.9 Å². The number of carbonyl (C=O) groups is 1. The van der Waals surface area contributed by atoms with Crippen LogP contribution in [0.3, 0.4) is 0 Å². The highest BCUT2D eigenvalue weighted by molar-refractivity contribution is 7.89. The zero-order valence-corrected chi connectivity index (χ0v) is 18.6. The van der Waals surface area contributed by atoms with Crippen molar-refractivity contribution in [2.45, 2.75) is 37.1 Å². The van der Waals surface area contributed by atoms with Gasteiger partial charge >= 0.3 is 5.97 Å². The average molecular weight is 438 g/mol. The van der Waals surface area contributed by atoms with Gasteiger partial charge in [-0.1, -0.05) is 72.3 Å². The molecule has 0 aliphatic rings. The molecule has 31 heavy (non-hydrogen) atoms. The lowest BCUT2D eigenvalue weighted by molar-refractivity contribution is -0.140. The molecule has 1 unspecified atom stereocenters. The zero-order valence-electron chi connectivity index (χ0n) is 17.7. The van der Waals surface area contributed by atoms with Crippen molar-refractivity contribution in [2.24, 2.45) is 0 Å². The van der Waals surface area contributed by atoms with Crippen molar-refractivity contribution < 1.29 is 17.9 Å². The van der Waals surface area contributed by atoms with Gasteiger partial charge in [0.1, 0.15) is 0 Å². The van der Waals surface area contributed by atoms with Gasteiger partial charge in [-0.2, -0.15) is 4.72 Å². The third kappa shape index (κ3) is 6.26. The van der Waals surface area contributed by atoms with E-state index < -0.39 is 16.1 Å². The number of sulfonamides is 1. The summed E-state index contributed by atoms with van der Waals surface area (Å²) in [5, 5.41) is 0. The molecule has 1 N–H and O–H groups in total. The van der Waals surface area contributed by atoms with Gasteiger partial charge in [0.25, 0.3) is 0 Å². The van der Waals surface area contributed by atoms with E-state index in [1.807, 2.05) is 61.5 Å². The molecule has 0 heterocycles. The summed E-state index contributed by atoms with van der Waals surface area (Å²) >= 11 is 0. The fourth-order valence-corrected chi connectivity index (χ4v) is 4.54. The highest BCUT2D eigenvalue weighted by Crippen LogP contribution is 2.25. The van der Waals surface area contributed by atoms with Crippen molar-refractivity contribution in [1.29, 1.82) is 0 Å². The lowest BCUT2D eigenvalue weighted by Gasteiger charge is -2.20. The number of ether oxygens (including phenoxy) is 1. The Hall–Kier alpha value is -2.96. The second-order valence-corrected chi connectivity index (χ2v) is 9.16. The predicted molar refractivity (Wildman–Crippen MR) is 121 cm³/mol. The largest absolute Gasteiger partial charge is 0.469 e. The molecule has 3 rings (SSSR count). The SMILES string of the molecule is COC(=O)CCCc1ccc(C(NS(=O)(=O)c2ccc(C)cc2)c2ccccc2)cc1. The topological polar surface area (TPSA) is 72.5 Å². The predicted octanol–water partition coefficient (Wildman–Crippen LogP) is 4.56.